The summed E-state index contributed by atoms with van der Waals surface area (Å²) >= 11 is 12.0. The predicted molar refractivity (Wildman–Crippen MR) is 95.3 cm³/mol. The molecule has 7 heteroatoms. The molecule has 24 heavy (non-hydrogen) atoms. The Bertz CT molecular complexity index is 682. The standard InChI is InChI=1S/C17H21Cl2N3O2/c1-17(9-20)5-7-21(10-17)15(23)12-4-6-22(16(12)24)11-2-3-13(18)14(19)8-11/h2-3,8,12H,4-7,9-10,20H2,1H3. The third-order valence-electron chi connectivity index (χ3n) is 5.08. The zero-order valence-electron chi connectivity index (χ0n) is 13.6. The van der Waals surface area contributed by atoms with Gasteiger partial charge in [-0.25, -0.2) is 0 Å². The second-order valence-electron chi connectivity index (χ2n) is 6.95. The number of rotatable bonds is 3. The first kappa shape index (κ1) is 17.5. The van der Waals surface area contributed by atoms with Crippen molar-refractivity contribution in [2.24, 2.45) is 17.1 Å². The number of carbonyl (C=O) groups excluding carboxylic acids is 2. The fourth-order valence-electron chi connectivity index (χ4n) is 3.42. The van der Waals surface area contributed by atoms with Crippen molar-refractivity contribution in [3.8, 4) is 0 Å². The molecule has 2 aliphatic heterocycles. The third-order valence-corrected chi connectivity index (χ3v) is 5.82. The summed E-state index contributed by atoms with van der Waals surface area (Å²) in [5.41, 5.74) is 6.44. The number of anilines is 1. The van der Waals surface area contributed by atoms with E-state index >= 15 is 0 Å². The molecule has 0 aliphatic carbocycles. The van der Waals surface area contributed by atoms with Gasteiger partial charge in [-0.05, 0) is 43.0 Å². The van der Waals surface area contributed by atoms with Crippen LogP contribution in [0.5, 0.6) is 0 Å². The van der Waals surface area contributed by atoms with Gasteiger partial charge in [0.25, 0.3) is 0 Å². The number of nitrogens with zero attached hydrogens (tertiary/aromatic N) is 2. The van der Waals surface area contributed by atoms with E-state index in [2.05, 4.69) is 6.92 Å². The van der Waals surface area contributed by atoms with Crippen LogP contribution in [0, 0.1) is 11.3 Å². The summed E-state index contributed by atoms with van der Waals surface area (Å²) in [4.78, 5) is 28.9. The van der Waals surface area contributed by atoms with Crippen molar-refractivity contribution in [2.45, 2.75) is 19.8 Å². The Balaban J connectivity index is 1.72. The maximum atomic E-state index is 12.8. The van der Waals surface area contributed by atoms with Gasteiger partial charge in [-0.1, -0.05) is 30.1 Å². The van der Waals surface area contributed by atoms with E-state index in [9.17, 15) is 9.59 Å². The summed E-state index contributed by atoms with van der Waals surface area (Å²) in [6, 6.07) is 5.07. The average molecular weight is 370 g/mol. The molecule has 0 bridgehead atoms. The molecule has 0 saturated carbocycles. The van der Waals surface area contributed by atoms with Crippen LogP contribution >= 0.6 is 23.2 Å². The smallest absolute Gasteiger partial charge is 0.239 e. The maximum Gasteiger partial charge on any atom is 0.239 e. The van der Waals surface area contributed by atoms with Crippen LogP contribution in [0.2, 0.25) is 10.0 Å². The second-order valence-corrected chi connectivity index (χ2v) is 7.77. The first-order valence-electron chi connectivity index (χ1n) is 8.10. The van der Waals surface area contributed by atoms with Crippen molar-refractivity contribution in [3.05, 3.63) is 28.2 Å². The van der Waals surface area contributed by atoms with Gasteiger partial charge in [-0.2, -0.15) is 0 Å². The molecule has 2 aliphatic rings. The van der Waals surface area contributed by atoms with Crippen LogP contribution in [0.1, 0.15) is 19.8 Å². The van der Waals surface area contributed by atoms with E-state index in [0.717, 1.165) is 6.42 Å². The fourth-order valence-corrected chi connectivity index (χ4v) is 3.71. The van der Waals surface area contributed by atoms with Crippen LogP contribution in [-0.2, 0) is 9.59 Å². The maximum absolute atomic E-state index is 12.8. The lowest BCUT2D eigenvalue weighted by molar-refractivity contribution is -0.139. The van der Waals surface area contributed by atoms with E-state index in [1.54, 1.807) is 28.0 Å². The molecular weight excluding hydrogens is 349 g/mol. The molecule has 3 rings (SSSR count). The largest absolute Gasteiger partial charge is 0.341 e. The topological polar surface area (TPSA) is 66.6 Å². The van der Waals surface area contributed by atoms with Gasteiger partial charge in [0, 0.05) is 25.3 Å². The predicted octanol–water partition coefficient (Wildman–Crippen LogP) is 2.54. The number of likely N-dealkylation sites (tertiary alicyclic amines) is 1. The van der Waals surface area contributed by atoms with Gasteiger partial charge in [-0.15, -0.1) is 0 Å². The summed E-state index contributed by atoms with van der Waals surface area (Å²) in [7, 11) is 0. The van der Waals surface area contributed by atoms with E-state index in [-0.39, 0.29) is 17.2 Å². The number of hydrogen-bond donors (Lipinski definition) is 1. The highest BCUT2D eigenvalue weighted by molar-refractivity contribution is 6.42. The quantitative estimate of drug-likeness (QED) is 0.832. The minimum absolute atomic E-state index is 0.0410. The Kier molecular flexibility index (Phi) is 4.78. The van der Waals surface area contributed by atoms with Gasteiger partial charge in [0.05, 0.1) is 10.0 Å². The fraction of sp³-hybridized carbons (Fsp3) is 0.529. The summed E-state index contributed by atoms with van der Waals surface area (Å²) in [5, 5.41) is 0.841. The molecule has 0 aromatic heterocycles. The molecule has 2 N–H and O–H groups in total. The van der Waals surface area contributed by atoms with Crippen LogP contribution in [0.15, 0.2) is 18.2 Å². The van der Waals surface area contributed by atoms with Crippen molar-refractivity contribution < 1.29 is 9.59 Å². The summed E-state index contributed by atoms with van der Waals surface area (Å²) in [6.45, 7) is 4.43. The first-order valence-corrected chi connectivity index (χ1v) is 8.85. The van der Waals surface area contributed by atoms with Gasteiger partial charge in [-0.3, -0.25) is 9.59 Å². The highest BCUT2D eigenvalue weighted by atomic mass is 35.5. The molecule has 2 atom stereocenters. The van der Waals surface area contributed by atoms with E-state index in [4.69, 9.17) is 28.9 Å². The third kappa shape index (κ3) is 3.13. The Morgan fingerprint density at radius 3 is 2.71 bits per heavy atom. The van der Waals surface area contributed by atoms with Crippen molar-refractivity contribution >= 4 is 40.7 Å². The van der Waals surface area contributed by atoms with Crippen LogP contribution in [0.4, 0.5) is 5.69 Å². The highest BCUT2D eigenvalue weighted by Gasteiger charge is 2.43. The van der Waals surface area contributed by atoms with E-state index < -0.39 is 5.92 Å². The molecule has 0 radical (unpaired) electrons. The molecule has 2 fully saturated rings. The SMILES string of the molecule is CC1(CN)CCN(C(=O)C2CCN(c3ccc(Cl)c(Cl)c3)C2=O)C1. The van der Waals surface area contributed by atoms with E-state index in [1.807, 2.05) is 0 Å². The first-order chi connectivity index (χ1) is 11.3. The number of carbonyl (C=O) groups is 2. The molecule has 130 valence electrons. The molecule has 0 spiro atoms. The van der Waals surface area contributed by atoms with Gasteiger partial charge in [0.15, 0.2) is 0 Å². The molecule has 2 saturated heterocycles. The number of nitrogens with two attached hydrogens (primary N) is 1. The Morgan fingerprint density at radius 1 is 1.33 bits per heavy atom. The van der Waals surface area contributed by atoms with E-state index in [0.29, 0.717) is 48.3 Å². The average Bonchev–Trinajstić information content (AvgIpc) is 3.14. The van der Waals surface area contributed by atoms with E-state index in [1.165, 1.54) is 0 Å². The van der Waals surface area contributed by atoms with Gasteiger partial charge in [0.2, 0.25) is 11.8 Å². The van der Waals surface area contributed by atoms with Crippen molar-refractivity contribution in [2.75, 3.05) is 31.1 Å². The van der Waals surface area contributed by atoms with Crippen LogP contribution in [0.25, 0.3) is 0 Å². The second kappa shape index (κ2) is 6.54. The highest BCUT2D eigenvalue weighted by Crippen LogP contribution is 2.34. The zero-order chi connectivity index (χ0) is 17.5. The molecule has 2 heterocycles. The summed E-state index contributed by atoms with van der Waals surface area (Å²) in [5.74, 6) is -0.862. The number of hydrogen-bond acceptors (Lipinski definition) is 3. The summed E-state index contributed by atoms with van der Waals surface area (Å²) in [6.07, 6.45) is 1.40. The zero-order valence-corrected chi connectivity index (χ0v) is 15.1. The van der Waals surface area contributed by atoms with Crippen molar-refractivity contribution in [1.29, 1.82) is 0 Å². The number of benzene rings is 1. The monoisotopic (exact) mass is 369 g/mol. The van der Waals surface area contributed by atoms with Gasteiger partial charge >= 0.3 is 0 Å². The Hall–Kier alpha value is -1.30. The van der Waals surface area contributed by atoms with Gasteiger partial charge < -0.3 is 15.5 Å². The van der Waals surface area contributed by atoms with Gasteiger partial charge in [0.1, 0.15) is 5.92 Å². The lowest BCUT2D eigenvalue weighted by atomic mass is 9.90. The molecular formula is C17H21Cl2N3O2. The molecule has 2 amide bonds. The lowest BCUT2D eigenvalue weighted by Gasteiger charge is -2.24. The van der Waals surface area contributed by atoms with Crippen LogP contribution in [0.3, 0.4) is 0 Å². The molecule has 1 aromatic rings. The minimum atomic E-state index is -0.612. The number of halogens is 2. The van der Waals surface area contributed by atoms with Crippen molar-refractivity contribution in [1.82, 2.24) is 4.90 Å². The Labute approximate surface area is 151 Å². The van der Waals surface area contributed by atoms with Crippen molar-refractivity contribution in [3.63, 3.8) is 0 Å². The normalized spacial score (nSPS) is 27.2. The minimum Gasteiger partial charge on any atom is -0.341 e. The van der Waals surface area contributed by atoms with Crippen LogP contribution < -0.4 is 10.6 Å². The number of amides is 2. The Morgan fingerprint density at radius 2 is 2.08 bits per heavy atom. The van der Waals surface area contributed by atoms with Crippen LogP contribution in [-0.4, -0.2) is 42.9 Å². The lowest BCUT2D eigenvalue weighted by Crippen LogP contribution is -2.40. The molecule has 1 aromatic carbocycles. The summed E-state index contributed by atoms with van der Waals surface area (Å²) < 4.78 is 0. The molecule has 5 nitrogen and oxygen atoms in total. The molecule has 2 unspecified atom stereocenters.